The van der Waals surface area contributed by atoms with Gasteiger partial charge in [0, 0.05) is 6.42 Å². The molecule has 2 unspecified atom stereocenters. The summed E-state index contributed by atoms with van der Waals surface area (Å²) in [6.07, 6.45) is 1.90. The van der Waals surface area contributed by atoms with Gasteiger partial charge in [0.15, 0.2) is 5.82 Å². The Morgan fingerprint density at radius 2 is 2.46 bits per heavy atom. The summed E-state index contributed by atoms with van der Waals surface area (Å²) in [5.41, 5.74) is 5.69. The number of fused-ring (bicyclic) bond motifs is 1. The van der Waals surface area contributed by atoms with Crippen molar-refractivity contribution < 1.29 is 0 Å². The Balaban J connectivity index is 2.28. The average molecular weight is 201 g/mol. The third-order valence-electron chi connectivity index (χ3n) is 2.22. The van der Waals surface area contributed by atoms with Crippen LogP contribution in [0.25, 0.3) is 0 Å². The SMILES string of the molecule is CC(N)c1nc2n(n1)CC(Cl)CC2. The molecule has 72 valence electrons. The molecule has 0 saturated heterocycles. The lowest BCUT2D eigenvalue weighted by Crippen LogP contribution is -2.21. The number of hydrogen-bond donors (Lipinski definition) is 1. The molecule has 0 aliphatic carbocycles. The van der Waals surface area contributed by atoms with Gasteiger partial charge in [-0.05, 0) is 13.3 Å². The fourth-order valence-corrected chi connectivity index (χ4v) is 1.72. The lowest BCUT2D eigenvalue weighted by molar-refractivity contribution is 0.483. The van der Waals surface area contributed by atoms with E-state index in [4.69, 9.17) is 17.3 Å². The second-order valence-corrected chi connectivity index (χ2v) is 4.11. The van der Waals surface area contributed by atoms with E-state index >= 15 is 0 Å². The summed E-state index contributed by atoms with van der Waals surface area (Å²) < 4.78 is 1.87. The molecule has 1 aliphatic heterocycles. The number of hydrogen-bond acceptors (Lipinski definition) is 3. The molecule has 2 rings (SSSR count). The second kappa shape index (κ2) is 3.27. The Morgan fingerprint density at radius 1 is 1.69 bits per heavy atom. The number of aryl methyl sites for hydroxylation is 1. The molecule has 4 nitrogen and oxygen atoms in total. The van der Waals surface area contributed by atoms with E-state index in [1.807, 2.05) is 11.6 Å². The molecule has 2 atom stereocenters. The molecule has 0 saturated carbocycles. The summed E-state index contributed by atoms with van der Waals surface area (Å²) in [7, 11) is 0. The quantitative estimate of drug-likeness (QED) is 0.684. The minimum atomic E-state index is -0.0909. The standard InChI is InChI=1S/C8H13ClN4/c1-5(10)8-11-7-3-2-6(9)4-13(7)12-8/h5-6H,2-4,10H2,1H3. The van der Waals surface area contributed by atoms with Gasteiger partial charge < -0.3 is 5.73 Å². The summed E-state index contributed by atoms with van der Waals surface area (Å²) >= 11 is 6.01. The zero-order valence-corrected chi connectivity index (χ0v) is 8.33. The van der Waals surface area contributed by atoms with E-state index in [9.17, 15) is 0 Å². The van der Waals surface area contributed by atoms with Crippen LogP contribution in [0.5, 0.6) is 0 Å². The maximum atomic E-state index is 6.01. The van der Waals surface area contributed by atoms with E-state index in [-0.39, 0.29) is 11.4 Å². The summed E-state index contributed by atoms with van der Waals surface area (Å²) in [6.45, 7) is 2.65. The van der Waals surface area contributed by atoms with Gasteiger partial charge in [-0.25, -0.2) is 9.67 Å². The van der Waals surface area contributed by atoms with Crippen LogP contribution in [0, 0.1) is 0 Å². The van der Waals surface area contributed by atoms with Crippen molar-refractivity contribution in [3.63, 3.8) is 0 Å². The first-order valence-electron chi connectivity index (χ1n) is 4.50. The van der Waals surface area contributed by atoms with Gasteiger partial charge in [0.1, 0.15) is 5.82 Å². The zero-order chi connectivity index (χ0) is 9.42. The van der Waals surface area contributed by atoms with Crippen molar-refractivity contribution in [2.45, 2.75) is 37.7 Å². The van der Waals surface area contributed by atoms with Gasteiger partial charge in [0.05, 0.1) is 18.0 Å². The van der Waals surface area contributed by atoms with Gasteiger partial charge >= 0.3 is 0 Å². The third kappa shape index (κ3) is 1.69. The van der Waals surface area contributed by atoms with Gasteiger partial charge in [-0.3, -0.25) is 0 Å². The van der Waals surface area contributed by atoms with Crippen molar-refractivity contribution in [2.24, 2.45) is 5.73 Å². The highest BCUT2D eigenvalue weighted by molar-refractivity contribution is 6.20. The van der Waals surface area contributed by atoms with Crippen LogP contribution in [0.1, 0.15) is 31.0 Å². The topological polar surface area (TPSA) is 56.7 Å². The fraction of sp³-hybridized carbons (Fsp3) is 0.750. The first-order valence-corrected chi connectivity index (χ1v) is 4.93. The molecule has 0 radical (unpaired) electrons. The van der Waals surface area contributed by atoms with E-state index in [0.717, 1.165) is 31.0 Å². The van der Waals surface area contributed by atoms with Crippen molar-refractivity contribution in [1.29, 1.82) is 0 Å². The van der Waals surface area contributed by atoms with E-state index in [2.05, 4.69) is 10.1 Å². The highest BCUT2D eigenvalue weighted by Gasteiger charge is 2.20. The Morgan fingerprint density at radius 3 is 3.15 bits per heavy atom. The largest absolute Gasteiger partial charge is 0.321 e. The molecule has 0 spiro atoms. The van der Waals surface area contributed by atoms with E-state index in [0.29, 0.717) is 0 Å². The number of halogens is 1. The van der Waals surface area contributed by atoms with Gasteiger partial charge in [-0.2, -0.15) is 5.10 Å². The Kier molecular flexibility index (Phi) is 2.26. The van der Waals surface area contributed by atoms with Crippen LogP contribution < -0.4 is 5.73 Å². The highest BCUT2D eigenvalue weighted by Crippen LogP contribution is 2.18. The monoisotopic (exact) mass is 200 g/mol. The molecule has 2 heterocycles. The highest BCUT2D eigenvalue weighted by atomic mass is 35.5. The number of alkyl halides is 1. The molecule has 0 fully saturated rings. The van der Waals surface area contributed by atoms with Gasteiger partial charge in [-0.1, -0.05) is 0 Å². The predicted molar refractivity (Wildman–Crippen MR) is 50.6 cm³/mol. The van der Waals surface area contributed by atoms with Crippen LogP contribution in [-0.4, -0.2) is 20.1 Å². The molecular formula is C8H13ClN4. The maximum absolute atomic E-state index is 6.01. The van der Waals surface area contributed by atoms with Crippen LogP contribution >= 0.6 is 11.6 Å². The molecule has 13 heavy (non-hydrogen) atoms. The van der Waals surface area contributed by atoms with Crippen molar-refractivity contribution in [1.82, 2.24) is 14.8 Å². The van der Waals surface area contributed by atoms with Crippen LogP contribution in [0.2, 0.25) is 0 Å². The molecule has 0 bridgehead atoms. The van der Waals surface area contributed by atoms with Gasteiger partial charge in [0.2, 0.25) is 0 Å². The second-order valence-electron chi connectivity index (χ2n) is 3.49. The van der Waals surface area contributed by atoms with Gasteiger partial charge in [-0.15, -0.1) is 11.6 Å². The molecular weight excluding hydrogens is 188 g/mol. The van der Waals surface area contributed by atoms with Crippen LogP contribution in [0.4, 0.5) is 0 Å². The Hall–Kier alpha value is -0.610. The summed E-state index contributed by atoms with van der Waals surface area (Å²) in [4.78, 5) is 4.35. The van der Waals surface area contributed by atoms with Crippen LogP contribution in [-0.2, 0) is 13.0 Å². The normalized spacial score (nSPS) is 24.1. The van der Waals surface area contributed by atoms with E-state index in [1.165, 1.54) is 0 Å². The van der Waals surface area contributed by atoms with Gasteiger partial charge in [0.25, 0.3) is 0 Å². The smallest absolute Gasteiger partial charge is 0.167 e. The van der Waals surface area contributed by atoms with Crippen molar-refractivity contribution in [3.8, 4) is 0 Å². The molecule has 1 aliphatic rings. The summed E-state index contributed by atoms with van der Waals surface area (Å²) in [5.74, 6) is 1.74. The first kappa shape index (κ1) is 8.97. The number of rotatable bonds is 1. The van der Waals surface area contributed by atoms with Crippen molar-refractivity contribution in [3.05, 3.63) is 11.6 Å². The van der Waals surface area contributed by atoms with E-state index < -0.39 is 0 Å². The number of nitrogens with zero attached hydrogens (tertiary/aromatic N) is 3. The summed E-state index contributed by atoms with van der Waals surface area (Å²) in [6, 6.07) is -0.0909. The molecule has 2 N–H and O–H groups in total. The number of nitrogens with two attached hydrogens (primary N) is 1. The molecule has 0 amide bonds. The minimum Gasteiger partial charge on any atom is -0.321 e. The Labute approximate surface area is 82.1 Å². The molecule has 5 heteroatoms. The van der Waals surface area contributed by atoms with Crippen molar-refractivity contribution in [2.75, 3.05) is 0 Å². The zero-order valence-electron chi connectivity index (χ0n) is 7.57. The lowest BCUT2D eigenvalue weighted by atomic mass is 10.2. The van der Waals surface area contributed by atoms with Crippen LogP contribution in [0.3, 0.4) is 0 Å². The maximum Gasteiger partial charge on any atom is 0.167 e. The minimum absolute atomic E-state index is 0.0909. The Bertz CT molecular complexity index is 307. The van der Waals surface area contributed by atoms with Crippen molar-refractivity contribution >= 4 is 11.6 Å². The average Bonchev–Trinajstić information content (AvgIpc) is 2.46. The first-order chi connectivity index (χ1) is 6.16. The predicted octanol–water partition coefficient (Wildman–Crippen LogP) is 0.851. The molecule has 1 aromatic rings. The molecule has 1 aromatic heterocycles. The molecule has 0 aromatic carbocycles. The third-order valence-corrected chi connectivity index (χ3v) is 2.58. The lowest BCUT2D eigenvalue weighted by Gasteiger charge is -2.16. The number of aromatic nitrogens is 3. The van der Waals surface area contributed by atoms with E-state index in [1.54, 1.807) is 0 Å². The summed E-state index contributed by atoms with van der Waals surface area (Å²) in [5, 5.41) is 4.49. The van der Waals surface area contributed by atoms with Crippen LogP contribution in [0.15, 0.2) is 0 Å². The fourth-order valence-electron chi connectivity index (χ4n) is 1.48.